The topological polar surface area (TPSA) is 87.4 Å². The summed E-state index contributed by atoms with van der Waals surface area (Å²) in [6.45, 7) is 8.18. The Morgan fingerprint density at radius 1 is 1.00 bits per heavy atom. The molecule has 0 radical (unpaired) electrons. The molecule has 0 spiro atoms. The quantitative estimate of drug-likeness (QED) is 0.402. The molecule has 0 aliphatic carbocycles. The van der Waals surface area contributed by atoms with Gasteiger partial charge in [0.25, 0.3) is 0 Å². The van der Waals surface area contributed by atoms with Crippen molar-refractivity contribution in [2.24, 2.45) is 7.05 Å². The van der Waals surface area contributed by atoms with Crippen molar-refractivity contribution >= 4 is 22.4 Å². The second kappa shape index (κ2) is 10.2. The fraction of sp³-hybridized carbons (Fsp3) is 0.357. The molecule has 1 N–H and O–H groups in total. The van der Waals surface area contributed by atoms with Gasteiger partial charge in [-0.3, -0.25) is 19.4 Å². The van der Waals surface area contributed by atoms with Crippen LogP contribution in [0.5, 0.6) is 0 Å². The first kappa shape index (κ1) is 24.1. The molecule has 36 heavy (non-hydrogen) atoms. The van der Waals surface area contributed by atoms with Crippen molar-refractivity contribution in [2.75, 3.05) is 31.1 Å². The molecule has 4 heterocycles. The first-order chi connectivity index (χ1) is 17.4. The van der Waals surface area contributed by atoms with E-state index in [1.165, 1.54) is 0 Å². The lowest BCUT2D eigenvalue weighted by molar-refractivity contribution is 0.0992. The van der Waals surface area contributed by atoms with Crippen LogP contribution in [0.25, 0.3) is 21.9 Å². The van der Waals surface area contributed by atoms with Gasteiger partial charge in [-0.15, -0.1) is 0 Å². The highest BCUT2D eigenvalue weighted by atomic mass is 16.3. The van der Waals surface area contributed by atoms with Crippen molar-refractivity contribution in [1.29, 1.82) is 0 Å². The summed E-state index contributed by atoms with van der Waals surface area (Å²) in [5.41, 5.74) is 4.01. The minimum atomic E-state index is -0.0820. The van der Waals surface area contributed by atoms with Crippen LogP contribution in [0.4, 0.5) is 5.82 Å². The van der Waals surface area contributed by atoms with Gasteiger partial charge in [0.2, 0.25) is 0 Å². The van der Waals surface area contributed by atoms with Gasteiger partial charge in [0, 0.05) is 73.9 Å². The van der Waals surface area contributed by atoms with Gasteiger partial charge < -0.3 is 10.0 Å². The Kier molecular flexibility index (Phi) is 6.80. The van der Waals surface area contributed by atoms with Crippen molar-refractivity contribution in [3.8, 4) is 11.1 Å². The molecule has 0 amide bonds. The number of carbonyl (C=O) groups is 1. The van der Waals surface area contributed by atoms with Gasteiger partial charge in [-0.05, 0) is 49.1 Å². The van der Waals surface area contributed by atoms with Crippen LogP contribution in [0.2, 0.25) is 0 Å². The summed E-state index contributed by atoms with van der Waals surface area (Å²) in [6, 6.07) is 12.3. The second-order valence-electron chi connectivity index (χ2n) is 9.64. The van der Waals surface area contributed by atoms with Crippen LogP contribution < -0.4 is 4.90 Å². The number of anilines is 1. The molecule has 0 unspecified atom stereocenters. The molecular formula is C28H32N6O2. The molecule has 1 aliphatic rings. The SMILES string of the molecule is CC(C)N1CCN(c2cc(C(=O)Cc3cc4cc(-c5cnn(C)c5CO)ccc4cn3)ccn2)CC1. The molecule has 3 aromatic heterocycles. The lowest BCUT2D eigenvalue weighted by atomic mass is 10.0. The molecule has 186 valence electrons. The van der Waals surface area contributed by atoms with E-state index in [2.05, 4.69) is 44.8 Å². The number of ketones is 1. The van der Waals surface area contributed by atoms with Crippen LogP contribution in [0, 0.1) is 0 Å². The van der Waals surface area contributed by atoms with Gasteiger partial charge in [0.15, 0.2) is 5.78 Å². The number of carbonyl (C=O) groups excluding carboxylic acids is 1. The van der Waals surface area contributed by atoms with Crippen LogP contribution in [-0.4, -0.2) is 67.8 Å². The third-order valence-corrected chi connectivity index (χ3v) is 7.08. The van der Waals surface area contributed by atoms with E-state index in [1.54, 1.807) is 23.1 Å². The number of aliphatic hydroxyl groups is 1. The lowest BCUT2D eigenvalue weighted by Gasteiger charge is -2.37. The van der Waals surface area contributed by atoms with E-state index >= 15 is 0 Å². The van der Waals surface area contributed by atoms with Crippen molar-refractivity contribution in [3.63, 3.8) is 0 Å². The maximum Gasteiger partial charge on any atom is 0.169 e. The zero-order chi connectivity index (χ0) is 25.2. The molecule has 8 nitrogen and oxygen atoms in total. The smallest absolute Gasteiger partial charge is 0.169 e. The third-order valence-electron chi connectivity index (χ3n) is 7.08. The Bertz CT molecular complexity index is 1390. The number of Topliss-reactive ketones (excluding diaryl/α,β-unsaturated/α-hetero) is 1. The molecule has 4 aromatic rings. The van der Waals surface area contributed by atoms with Crippen molar-refractivity contribution in [1.82, 2.24) is 24.6 Å². The molecule has 1 aliphatic heterocycles. The molecule has 1 fully saturated rings. The van der Waals surface area contributed by atoms with Crippen LogP contribution in [-0.2, 0) is 20.1 Å². The number of aliphatic hydroxyl groups excluding tert-OH is 1. The molecule has 1 aromatic carbocycles. The number of piperazine rings is 1. The largest absolute Gasteiger partial charge is 0.390 e. The number of benzene rings is 1. The standard InChI is InChI=1S/C28H32N6O2/c1-19(2)33-8-10-34(11-9-33)28-14-21(6-7-29-28)27(36)15-24-13-23-12-20(4-5-22(23)16-30-24)25-17-31-32(3)26(25)18-35/h4-7,12-14,16-17,19,35H,8-11,15,18H2,1-3H3. The van der Waals surface area contributed by atoms with Crippen LogP contribution in [0.1, 0.15) is 35.6 Å². The summed E-state index contributed by atoms with van der Waals surface area (Å²) in [6.07, 6.45) is 5.52. The minimum Gasteiger partial charge on any atom is -0.390 e. The first-order valence-corrected chi connectivity index (χ1v) is 12.4. The number of rotatable bonds is 7. The minimum absolute atomic E-state index is 0.0253. The average molecular weight is 485 g/mol. The number of aryl methyl sites for hydroxylation is 1. The second-order valence-corrected chi connectivity index (χ2v) is 9.64. The number of hydrogen-bond donors (Lipinski definition) is 1. The Balaban J connectivity index is 1.33. The summed E-state index contributed by atoms with van der Waals surface area (Å²) in [7, 11) is 1.82. The predicted molar refractivity (Wildman–Crippen MR) is 141 cm³/mol. The van der Waals surface area contributed by atoms with Crippen LogP contribution >= 0.6 is 0 Å². The molecule has 5 rings (SSSR count). The number of aromatic nitrogens is 4. The monoisotopic (exact) mass is 484 g/mol. The van der Waals surface area contributed by atoms with Gasteiger partial charge in [0.1, 0.15) is 5.82 Å². The lowest BCUT2D eigenvalue weighted by Crippen LogP contribution is -2.49. The molecular weight excluding hydrogens is 452 g/mol. The van der Waals surface area contributed by atoms with Crippen LogP contribution in [0.15, 0.2) is 55.0 Å². The molecule has 8 heteroatoms. The van der Waals surface area contributed by atoms with E-state index in [0.29, 0.717) is 11.6 Å². The van der Waals surface area contributed by atoms with E-state index in [-0.39, 0.29) is 18.8 Å². The fourth-order valence-corrected chi connectivity index (χ4v) is 4.84. The summed E-state index contributed by atoms with van der Waals surface area (Å²) < 4.78 is 1.68. The molecule has 1 saturated heterocycles. The van der Waals surface area contributed by atoms with E-state index in [0.717, 1.165) is 65.3 Å². The number of fused-ring (bicyclic) bond motifs is 1. The maximum absolute atomic E-state index is 13.2. The average Bonchev–Trinajstić information content (AvgIpc) is 3.28. The zero-order valence-electron chi connectivity index (χ0n) is 21.1. The molecule has 0 bridgehead atoms. The van der Waals surface area contributed by atoms with Gasteiger partial charge in [-0.25, -0.2) is 4.98 Å². The summed E-state index contributed by atoms with van der Waals surface area (Å²) >= 11 is 0. The van der Waals surface area contributed by atoms with Crippen LogP contribution in [0.3, 0.4) is 0 Å². The zero-order valence-corrected chi connectivity index (χ0v) is 21.1. The number of pyridine rings is 2. The fourth-order valence-electron chi connectivity index (χ4n) is 4.84. The highest BCUT2D eigenvalue weighted by Gasteiger charge is 2.20. The maximum atomic E-state index is 13.2. The predicted octanol–water partition coefficient (Wildman–Crippen LogP) is 3.48. The number of nitrogens with zero attached hydrogens (tertiary/aromatic N) is 6. The molecule has 0 saturated carbocycles. The highest BCUT2D eigenvalue weighted by Crippen LogP contribution is 2.27. The summed E-state index contributed by atoms with van der Waals surface area (Å²) in [5, 5.41) is 16.0. The van der Waals surface area contributed by atoms with Gasteiger partial charge in [0.05, 0.1) is 24.9 Å². The Morgan fingerprint density at radius 3 is 2.56 bits per heavy atom. The van der Waals surface area contributed by atoms with Gasteiger partial charge in [-0.2, -0.15) is 5.10 Å². The normalized spacial score (nSPS) is 14.6. The van der Waals surface area contributed by atoms with E-state index in [9.17, 15) is 9.90 Å². The summed E-state index contributed by atoms with van der Waals surface area (Å²) in [4.78, 5) is 27.0. The van der Waals surface area contributed by atoms with Gasteiger partial charge >= 0.3 is 0 Å². The highest BCUT2D eigenvalue weighted by molar-refractivity contribution is 5.98. The van der Waals surface area contributed by atoms with E-state index in [4.69, 9.17) is 0 Å². The molecule has 0 atom stereocenters. The van der Waals surface area contributed by atoms with Crippen molar-refractivity contribution in [3.05, 3.63) is 71.9 Å². The van der Waals surface area contributed by atoms with Gasteiger partial charge in [-0.1, -0.05) is 12.1 Å². The third kappa shape index (κ3) is 4.87. The first-order valence-electron chi connectivity index (χ1n) is 12.4. The van der Waals surface area contributed by atoms with E-state index < -0.39 is 0 Å². The number of hydrogen-bond acceptors (Lipinski definition) is 7. The Morgan fingerprint density at radius 2 is 1.81 bits per heavy atom. The van der Waals surface area contributed by atoms with Crippen molar-refractivity contribution in [2.45, 2.75) is 32.9 Å². The summed E-state index contributed by atoms with van der Waals surface area (Å²) in [5.74, 6) is 0.883. The Hall–Kier alpha value is -3.62. The van der Waals surface area contributed by atoms with E-state index in [1.807, 2.05) is 37.5 Å². The van der Waals surface area contributed by atoms with Crippen molar-refractivity contribution < 1.29 is 9.90 Å². The Labute approximate surface area is 211 Å².